The first-order chi connectivity index (χ1) is 12.4. The molecule has 1 aromatic heterocycles. The third-order valence-electron chi connectivity index (χ3n) is 4.57. The predicted molar refractivity (Wildman–Crippen MR) is 104 cm³/mol. The maximum Gasteiger partial charge on any atom is 0.308 e. The lowest BCUT2D eigenvalue weighted by Gasteiger charge is -2.15. The van der Waals surface area contributed by atoms with E-state index in [4.69, 9.17) is 9.57 Å². The highest BCUT2D eigenvalue weighted by molar-refractivity contribution is 9.10. The molecule has 1 aliphatic carbocycles. The summed E-state index contributed by atoms with van der Waals surface area (Å²) in [7, 11) is 0. The minimum atomic E-state index is -0.360. The number of rotatable bonds is 4. The van der Waals surface area contributed by atoms with E-state index in [1.807, 2.05) is 26.8 Å². The van der Waals surface area contributed by atoms with E-state index in [0.717, 1.165) is 51.1 Å². The average molecular weight is 417 g/mol. The molecule has 0 unspecified atom stereocenters. The summed E-state index contributed by atoms with van der Waals surface area (Å²) in [6, 6.07) is 6.19. The van der Waals surface area contributed by atoms with Gasteiger partial charge in [0.2, 0.25) is 0 Å². The van der Waals surface area contributed by atoms with Crippen molar-refractivity contribution in [1.82, 2.24) is 4.98 Å². The van der Waals surface area contributed by atoms with Crippen LogP contribution in [0.15, 0.2) is 27.8 Å². The van der Waals surface area contributed by atoms with Crippen molar-refractivity contribution in [1.29, 1.82) is 0 Å². The monoisotopic (exact) mass is 416 g/mol. The van der Waals surface area contributed by atoms with Crippen LogP contribution in [-0.2, 0) is 22.7 Å². The fourth-order valence-electron chi connectivity index (χ4n) is 3.12. The first-order valence-corrected chi connectivity index (χ1v) is 9.29. The Hall–Kier alpha value is -2.21. The predicted octanol–water partition coefficient (Wildman–Crippen LogP) is 4.56. The molecule has 0 atom stereocenters. The number of aromatic nitrogens is 1. The van der Waals surface area contributed by atoms with E-state index in [9.17, 15) is 4.79 Å². The maximum atomic E-state index is 11.5. The minimum Gasteiger partial charge on any atom is -0.426 e. The van der Waals surface area contributed by atoms with Gasteiger partial charge >= 0.3 is 5.97 Å². The zero-order chi connectivity index (χ0) is 18.8. The quantitative estimate of drug-likeness (QED) is 0.541. The number of pyridine rings is 1. The Morgan fingerprint density at radius 1 is 1.23 bits per heavy atom. The summed E-state index contributed by atoms with van der Waals surface area (Å²) in [6.45, 7) is 7.27. The van der Waals surface area contributed by atoms with Crippen molar-refractivity contribution < 1.29 is 14.4 Å². The Morgan fingerprint density at radius 3 is 2.73 bits per heavy atom. The van der Waals surface area contributed by atoms with Crippen LogP contribution in [-0.4, -0.2) is 16.7 Å². The van der Waals surface area contributed by atoms with Crippen LogP contribution in [0.4, 0.5) is 0 Å². The normalized spacial score (nSPS) is 14.4. The lowest BCUT2D eigenvalue weighted by Crippen LogP contribution is -2.10. The Kier molecular flexibility index (Phi) is 5.41. The zero-order valence-electron chi connectivity index (χ0n) is 15.4. The number of carbonyl (C=O) groups is 1. The van der Waals surface area contributed by atoms with Gasteiger partial charge in [-0.2, -0.15) is 0 Å². The summed E-state index contributed by atoms with van der Waals surface area (Å²) in [4.78, 5) is 21.6. The molecule has 0 fully saturated rings. The topological polar surface area (TPSA) is 60.8 Å². The van der Waals surface area contributed by atoms with Gasteiger partial charge in [0.15, 0.2) is 0 Å². The van der Waals surface area contributed by atoms with Gasteiger partial charge in [0, 0.05) is 33.9 Å². The largest absolute Gasteiger partial charge is 0.426 e. The number of nitrogens with zero attached hydrogens (tertiary/aromatic N) is 2. The number of oxime groups is 1. The number of benzene rings is 1. The van der Waals surface area contributed by atoms with Crippen LogP contribution in [0.1, 0.15) is 47.0 Å². The molecule has 136 valence electrons. The Morgan fingerprint density at radius 2 is 2.00 bits per heavy atom. The van der Waals surface area contributed by atoms with Gasteiger partial charge in [-0.05, 0) is 51.3 Å². The Balaban J connectivity index is 1.83. The molecule has 1 aliphatic rings. The molecular formula is C20H21BrN2O3. The average Bonchev–Trinajstić information content (AvgIpc) is 2.96. The summed E-state index contributed by atoms with van der Waals surface area (Å²) in [5.41, 5.74) is 6.55. The van der Waals surface area contributed by atoms with Gasteiger partial charge in [0.25, 0.3) is 0 Å². The second kappa shape index (κ2) is 7.58. The fourth-order valence-corrected chi connectivity index (χ4v) is 3.53. The Bertz CT molecular complexity index is 906. The molecule has 0 aliphatic heterocycles. The number of ether oxygens (including phenoxy) is 1. The smallest absolute Gasteiger partial charge is 0.308 e. The van der Waals surface area contributed by atoms with Crippen LogP contribution >= 0.6 is 15.9 Å². The molecule has 0 N–H and O–H groups in total. The van der Waals surface area contributed by atoms with Gasteiger partial charge < -0.3 is 9.57 Å². The fraction of sp³-hybridized carbons (Fsp3) is 0.350. The number of esters is 1. The molecule has 0 radical (unpaired) electrons. The van der Waals surface area contributed by atoms with Crippen molar-refractivity contribution in [2.24, 2.45) is 5.16 Å². The van der Waals surface area contributed by atoms with Gasteiger partial charge in [0.1, 0.15) is 12.4 Å². The molecule has 0 saturated heterocycles. The molecule has 2 aromatic rings. The van der Waals surface area contributed by atoms with E-state index < -0.39 is 0 Å². The van der Waals surface area contributed by atoms with Crippen LogP contribution in [0, 0.1) is 20.8 Å². The molecule has 0 spiro atoms. The van der Waals surface area contributed by atoms with Gasteiger partial charge in [-0.1, -0.05) is 27.2 Å². The molecule has 0 saturated carbocycles. The van der Waals surface area contributed by atoms with Crippen molar-refractivity contribution in [3.63, 3.8) is 0 Å². The standard InChI is InChI=1S/C20H21BrN2O3/c1-11-12(2)22-13(3)18(20(11)26-14(4)24)10-25-23-19-8-5-15-9-16(21)6-7-17(15)19/h6-7,9H,5,8,10H2,1-4H3/b23-19+. The number of fused-ring (bicyclic) bond motifs is 1. The SMILES string of the molecule is CC(=O)Oc1c(C)c(C)nc(C)c1CO/N=C1\CCc2cc(Br)ccc21. The van der Waals surface area contributed by atoms with Crippen molar-refractivity contribution in [3.05, 3.63) is 56.3 Å². The maximum absolute atomic E-state index is 11.5. The third kappa shape index (κ3) is 3.80. The lowest BCUT2D eigenvalue weighted by atomic mass is 10.1. The highest BCUT2D eigenvalue weighted by Crippen LogP contribution is 2.30. The second-order valence-electron chi connectivity index (χ2n) is 6.42. The summed E-state index contributed by atoms with van der Waals surface area (Å²) >= 11 is 3.50. The van der Waals surface area contributed by atoms with Crippen LogP contribution in [0.2, 0.25) is 0 Å². The van der Waals surface area contributed by atoms with Crippen molar-refractivity contribution >= 4 is 27.6 Å². The molecular weight excluding hydrogens is 396 g/mol. The number of halogens is 1. The van der Waals surface area contributed by atoms with E-state index in [-0.39, 0.29) is 12.6 Å². The van der Waals surface area contributed by atoms with Crippen LogP contribution in [0.5, 0.6) is 5.75 Å². The summed E-state index contributed by atoms with van der Waals surface area (Å²) in [5, 5.41) is 4.34. The molecule has 5 nitrogen and oxygen atoms in total. The molecule has 6 heteroatoms. The molecule has 1 heterocycles. The van der Waals surface area contributed by atoms with Crippen molar-refractivity contribution in [2.45, 2.75) is 47.1 Å². The van der Waals surface area contributed by atoms with E-state index in [1.54, 1.807) is 0 Å². The van der Waals surface area contributed by atoms with Gasteiger partial charge in [-0.15, -0.1) is 0 Å². The van der Waals surface area contributed by atoms with Gasteiger partial charge in [0.05, 0.1) is 11.3 Å². The number of hydrogen-bond acceptors (Lipinski definition) is 5. The van der Waals surface area contributed by atoms with E-state index in [1.165, 1.54) is 12.5 Å². The highest BCUT2D eigenvalue weighted by atomic mass is 79.9. The molecule has 26 heavy (non-hydrogen) atoms. The van der Waals surface area contributed by atoms with Crippen molar-refractivity contribution in [3.8, 4) is 5.75 Å². The second-order valence-corrected chi connectivity index (χ2v) is 7.34. The summed E-state index contributed by atoms with van der Waals surface area (Å²) in [6.07, 6.45) is 1.81. The minimum absolute atomic E-state index is 0.206. The summed E-state index contributed by atoms with van der Waals surface area (Å²) in [5.74, 6) is 0.166. The number of hydrogen-bond donors (Lipinski definition) is 0. The highest BCUT2D eigenvalue weighted by Gasteiger charge is 2.20. The molecule has 0 bridgehead atoms. The number of aryl methyl sites for hydroxylation is 3. The number of carbonyl (C=O) groups excluding carboxylic acids is 1. The van der Waals surface area contributed by atoms with Crippen LogP contribution in [0.25, 0.3) is 0 Å². The van der Waals surface area contributed by atoms with Crippen LogP contribution < -0.4 is 4.74 Å². The lowest BCUT2D eigenvalue weighted by molar-refractivity contribution is -0.132. The third-order valence-corrected chi connectivity index (χ3v) is 5.06. The van der Waals surface area contributed by atoms with Crippen molar-refractivity contribution in [2.75, 3.05) is 0 Å². The van der Waals surface area contributed by atoms with E-state index in [0.29, 0.717) is 5.75 Å². The summed E-state index contributed by atoms with van der Waals surface area (Å²) < 4.78 is 6.49. The van der Waals surface area contributed by atoms with E-state index >= 15 is 0 Å². The Labute approximate surface area is 161 Å². The van der Waals surface area contributed by atoms with Gasteiger partial charge in [-0.25, -0.2) is 0 Å². The molecule has 0 amide bonds. The van der Waals surface area contributed by atoms with Gasteiger partial charge in [-0.3, -0.25) is 9.78 Å². The first-order valence-electron chi connectivity index (χ1n) is 8.49. The molecule has 1 aromatic carbocycles. The first kappa shape index (κ1) is 18.6. The van der Waals surface area contributed by atoms with Crippen LogP contribution in [0.3, 0.4) is 0 Å². The molecule has 3 rings (SSSR count). The van der Waals surface area contributed by atoms with E-state index in [2.05, 4.69) is 38.2 Å². The zero-order valence-corrected chi connectivity index (χ0v) is 16.9.